The van der Waals surface area contributed by atoms with Crippen molar-refractivity contribution in [1.82, 2.24) is 10.2 Å². The Balaban J connectivity index is 0.00000242. The van der Waals surface area contributed by atoms with Gasteiger partial charge in [0, 0.05) is 26.2 Å². The first-order valence-electron chi connectivity index (χ1n) is 7.25. The van der Waals surface area contributed by atoms with Crippen LogP contribution in [0.5, 0.6) is 11.5 Å². The summed E-state index contributed by atoms with van der Waals surface area (Å²) in [7, 11) is 3.33. The number of benzene rings is 1. The number of hydrogen-bond acceptors (Lipinski definition) is 5. The Bertz CT molecular complexity index is 504. The van der Waals surface area contributed by atoms with Crippen molar-refractivity contribution in [1.29, 1.82) is 5.26 Å². The average molecular weight is 362 g/mol. The van der Waals surface area contributed by atoms with Gasteiger partial charge in [-0.1, -0.05) is 0 Å². The Hall–Kier alpha value is -1.19. The molecule has 1 heterocycles. The number of halogens is 2. The van der Waals surface area contributed by atoms with Gasteiger partial charge in [0.25, 0.3) is 0 Å². The molecular formula is C16H25Cl2N3O2. The van der Waals surface area contributed by atoms with E-state index >= 15 is 0 Å². The Labute approximate surface area is 150 Å². The lowest BCUT2D eigenvalue weighted by Crippen LogP contribution is -2.45. The van der Waals surface area contributed by atoms with E-state index in [2.05, 4.69) is 16.3 Å². The van der Waals surface area contributed by atoms with Crippen molar-refractivity contribution >= 4 is 24.8 Å². The van der Waals surface area contributed by atoms with Crippen LogP contribution in [0, 0.1) is 18.3 Å². The van der Waals surface area contributed by atoms with Crippen LogP contribution in [0.3, 0.4) is 0 Å². The Morgan fingerprint density at radius 1 is 1.17 bits per heavy atom. The molecule has 1 aromatic rings. The molecule has 0 bridgehead atoms. The summed E-state index contributed by atoms with van der Waals surface area (Å²) < 4.78 is 11.1. The second-order valence-corrected chi connectivity index (χ2v) is 5.25. The zero-order valence-corrected chi connectivity index (χ0v) is 15.4. The van der Waals surface area contributed by atoms with Crippen LogP contribution in [0.4, 0.5) is 0 Å². The van der Waals surface area contributed by atoms with E-state index in [1.165, 1.54) is 0 Å². The summed E-state index contributed by atoms with van der Waals surface area (Å²) in [6.07, 6.45) is 0.426. The molecule has 23 heavy (non-hydrogen) atoms. The van der Waals surface area contributed by atoms with Crippen LogP contribution < -0.4 is 14.8 Å². The first kappa shape index (κ1) is 21.8. The maximum atomic E-state index is 9.24. The van der Waals surface area contributed by atoms with Gasteiger partial charge < -0.3 is 14.8 Å². The zero-order chi connectivity index (χ0) is 15.2. The van der Waals surface area contributed by atoms with Crippen molar-refractivity contribution in [3.8, 4) is 17.6 Å². The summed E-state index contributed by atoms with van der Waals surface area (Å²) in [5.74, 6) is 1.59. The highest BCUT2D eigenvalue weighted by Crippen LogP contribution is 2.39. The third-order valence-corrected chi connectivity index (χ3v) is 3.90. The maximum absolute atomic E-state index is 9.24. The van der Waals surface area contributed by atoms with Crippen molar-refractivity contribution in [3.63, 3.8) is 0 Å². The van der Waals surface area contributed by atoms with Crippen LogP contribution in [0.25, 0.3) is 0 Å². The predicted molar refractivity (Wildman–Crippen MR) is 96.2 cm³/mol. The molecule has 1 atom stereocenters. The van der Waals surface area contributed by atoms with Crippen molar-refractivity contribution in [2.24, 2.45) is 0 Å². The number of aryl methyl sites for hydroxylation is 1. The van der Waals surface area contributed by atoms with Gasteiger partial charge in [-0.15, -0.1) is 24.8 Å². The highest BCUT2D eigenvalue weighted by molar-refractivity contribution is 5.85. The normalized spacial score (nSPS) is 15.6. The Morgan fingerprint density at radius 3 is 2.13 bits per heavy atom. The van der Waals surface area contributed by atoms with Crippen LogP contribution in [-0.4, -0.2) is 45.3 Å². The molecule has 7 heteroatoms. The largest absolute Gasteiger partial charge is 0.496 e. The monoisotopic (exact) mass is 361 g/mol. The van der Waals surface area contributed by atoms with Gasteiger partial charge in [0.2, 0.25) is 0 Å². The van der Waals surface area contributed by atoms with E-state index < -0.39 is 0 Å². The van der Waals surface area contributed by atoms with E-state index in [9.17, 15) is 5.26 Å². The van der Waals surface area contributed by atoms with Crippen molar-refractivity contribution in [2.45, 2.75) is 19.4 Å². The number of hydrogen-bond donors (Lipinski definition) is 1. The van der Waals surface area contributed by atoms with Gasteiger partial charge in [0.15, 0.2) is 0 Å². The maximum Gasteiger partial charge on any atom is 0.127 e. The molecule has 0 spiro atoms. The number of rotatable bonds is 5. The number of nitrogens with one attached hydrogen (secondary N) is 1. The SMILES string of the molecule is COc1cc(C)cc(OC)c1[C@@H](CC#N)N1CCNCC1.Cl.Cl. The minimum absolute atomic E-state index is 0. The fourth-order valence-electron chi connectivity index (χ4n) is 2.89. The van der Waals surface area contributed by atoms with Gasteiger partial charge in [-0.3, -0.25) is 4.90 Å². The second-order valence-electron chi connectivity index (χ2n) is 5.25. The molecule has 1 fully saturated rings. The minimum Gasteiger partial charge on any atom is -0.496 e. The molecule has 0 aliphatic carbocycles. The molecular weight excluding hydrogens is 337 g/mol. The molecule has 0 unspecified atom stereocenters. The van der Waals surface area contributed by atoms with E-state index in [-0.39, 0.29) is 30.9 Å². The third-order valence-electron chi connectivity index (χ3n) is 3.90. The third kappa shape index (κ3) is 5.15. The number of nitrogens with zero attached hydrogens (tertiary/aromatic N) is 2. The van der Waals surface area contributed by atoms with Crippen LogP contribution in [0.15, 0.2) is 12.1 Å². The molecule has 5 nitrogen and oxygen atoms in total. The smallest absolute Gasteiger partial charge is 0.127 e. The fourth-order valence-corrected chi connectivity index (χ4v) is 2.89. The van der Waals surface area contributed by atoms with Crippen molar-refractivity contribution in [2.75, 3.05) is 40.4 Å². The van der Waals surface area contributed by atoms with Gasteiger partial charge >= 0.3 is 0 Å². The van der Waals surface area contributed by atoms with Crippen LogP contribution in [0.2, 0.25) is 0 Å². The number of piperazine rings is 1. The number of methoxy groups -OCH3 is 2. The molecule has 0 radical (unpaired) electrons. The van der Waals surface area contributed by atoms with E-state index in [4.69, 9.17) is 9.47 Å². The summed E-state index contributed by atoms with van der Waals surface area (Å²) in [4.78, 5) is 2.33. The highest BCUT2D eigenvalue weighted by Gasteiger charge is 2.28. The molecule has 1 N–H and O–H groups in total. The molecule has 0 aromatic heterocycles. The standard InChI is InChI=1S/C16H23N3O2.2ClH/c1-12-10-14(20-2)16(15(11-12)21-3)13(4-5-17)19-8-6-18-7-9-19;;/h10-11,13,18H,4,6-9H2,1-3H3;2*1H/t13-;;/m1../s1. The molecule has 1 saturated heterocycles. The summed E-state index contributed by atoms with van der Waals surface area (Å²) in [5, 5.41) is 12.6. The summed E-state index contributed by atoms with van der Waals surface area (Å²) >= 11 is 0. The zero-order valence-electron chi connectivity index (χ0n) is 13.8. The summed E-state index contributed by atoms with van der Waals surface area (Å²) in [5.41, 5.74) is 2.07. The summed E-state index contributed by atoms with van der Waals surface area (Å²) in [6.45, 7) is 5.74. The van der Waals surface area contributed by atoms with E-state index in [0.717, 1.165) is 48.8 Å². The molecule has 1 aliphatic heterocycles. The predicted octanol–water partition coefficient (Wildman–Crippen LogP) is 2.72. The summed E-state index contributed by atoms with van der Waals surface area (Å²) in [6, 6.07) is 6.32. The van der Waals surface area contributed by atoms with Gasteiger partial charge in [-0.2, -0.15) is 5.26 Å². The molecule has 130 valence electrons. The van der Waals surface area contributed by atoms with Crippen LogP contribution in [-0.2, 0) is 0 Å². The molecule has 1 aromatic carbocycles. The quantitative estimate of drug-likeness (QED) is 0.873. The van der Waals surface area contributed by atoms with Crippen molar-refractivity contribution in [3.05, 3.63) is 23.3 Å². The lowest BCUT2D eigenvalue weighted by atomic mass is 9.97. The topological polar surface area (TPSA) is 57.5 Å². The fraction of sp³-hybridized carbons (Fsp3) is 0.562. The first-order valence-corrected chi connectivity index (χ1v) is 7.25. The second kappa shape index (κ2) is 10.6. The molecule has 0 saturated carbocycles. The molecule has 2 rings (SSSR count). The van der Waals surface area contributed by atoms with E-state index in [0.29, 0.717) is 6.42 Å². The van der Waals surface area contributed by atoms with Gasteiger partial charge in [-0.05, 0) is 24.6 Å². The Kier molecular flexibility index (Phi) is 10.0. The lowest BCUT2D eigenvalue weighted by molar-refractivity contribution is 0.169. The van der Waals surface area contributed by atoms with Gasteiger partial charge in [0.1, 0.15) is 11.5 Å². The molecule has 1 aliphatic rings. The number of ether oxygens (including phenoxy) is 2. The number of nitriles is 1. The Morgan fingerprint density at radius 2 is 1.70 bits per heavy atom. The first-order chi connectivity index (χ1) is 10.2. The average Bonchev–Trinajstić information content (AvgIpc) is 2.53. The van der Waals surface area contributed by atoms with Gasteiger partial charge in [-0.25, -0.2) is 0 Å². The van der Waals surface area contributed by atoms with Gasteiger partial charge in [0.05, 0.1) is 38.3 Å². The van der Waals surface area contributed by atoms with Crippen LogP contribution >= 0.6 is 24.8 Å². The van der Waals surface area contributed by atoms with Crippen LogP contribution in [0.1, 0.15) is 23.6 Å². The van der Waals surface area contributed by atoms with E-state index in [1.54, 1.807) is 14.2 Å². The highest BCUT2D eigenvalue weighted by atomic mass is 35.5. The lowest BCUT2D eigenvalue weighted by Gasteiger charge is -2.35. The molecule has 0 amide bonds. The van der Waals surface area contributed by atoms with E-state index in [1.807, 2.05) is 19.1 Å². The van der Waals surface area contributed by atoms with Crippen molar-refractivity contribution < 1.29 is 9.47 Å². The minimum atomic E-state index is 0.